The first-order valence-corrected chi connectivity index (χ1v) is 7.02. The number of aromatic nitrogens is 1. The number of pyridine rings is 1. The van der Waals surface area contributed by atoms with Crippen molar-refractivity contribution in [2.45, 2.75) is 33.2 Å². The van der Waals surface area contributed by atoms with Crippen LogP contribution in [0.3, 0.4) is 0 Å². The van der Waals surface area contributed by atoms with E-state index < -0.39 is 0 Å². The van der Waals surface area contributed by atoms with E-state index in [9.17, 15) is 0 Å². The first kappa shape index (κ1) is 13.3. The van der Waals surface area contributed by atoms with Crippen molar-refractivity contribution in [2.24, 2.45) is 11.8 Å². The maximum Gasteiger partial charge on any atom is 0.132 e. The van der Waals surface area contributed by atoms with Crippen LogP contribution in [0.4, 0.5) is 5.82 Å². The topological polar surface area (TPSA) is 28.2 Å². The molecule has 2 rings (SSSR count). The Bertz CT molecular complexity index is 372. The molecule has 1 N–H and O–H groups in total. The van der Waals surface area contributed by atoms with Crippen LogP contribution in [0, 0.1) is 11.8 Å². The summed E-state index contributed by atoms with van der Waals surface area (Å²) in [5.41, 5.74) is 1.31. The number of hydrogen-bond donors (Lipinski definition) is 1. The average molecular weight is 247 g/mol. The Labute approximate surface area is 111 Å². The lowest BCUT2D eigenvalue weighted by Crippen LogP contribution is -2.25. The molecule has 0 aromatic carbocycles. The highest BCUT2D eigenvalue weighted by atomic mass is 15.2. The first-order chi connectivity index (χ1) is 8.66. The van der Waals surface area contributed by atoms with E-state index in [4.69, 9.17) is 0 Å². The van der Waals surface area contributed by atoms with Gasteiger partial charge in [0.15, 0.2) is 0 Å². The number of rotatable bonds is 7. The number of anilines is 1. The number of nitrogens with zero attached hydrogens (tertiary/aromatic N) is 2. The summed E-state index contributed by atoms with van der Waals surface area (Å²) in [5, 5.41) is 3.50. The summed E-state index contributed by atoms with van der Waals surface area (Å²) in [4.78, 5) is 6.85. The predicted molar refractivity (Wildman–Crippen MR) is 76.8 cm³/mol. The van der Waals surface area contributed by atoms with Crippen molar-refractivity contribution in [1.29, 1.82) is 0 Å². The predicted octanol–water partition coefficient (Wildman–Crippen LogP) is 2.67. The summed E-state index contributed by atoms with van der Waals surface area (Å²) < 4.78 is 0. The lowest BCUT2D eigenvalue weighted by molar-refractivity contribution is 0.551. The standard InChI is InChI=1S/C15H25N3/c1-12(2)9-16-10-14-5-4-8-17-15(14)18(3)11-13-6-7-13/h4-5,8,12-13,16H,6-7,9-11H2,1-3H3. The van der Waals surface area contributed by atoms with E-state index in [1.54, 1.807) is 0 Å². The molecule has 0 radical (unpaired) electrons. The summed E-state index contributed by atoms with van der Waals surface area (Å²) >= 11 is 0. The van der Waals surface area contributed by atoms with Crippen LogP contribution in [0.25, 0.3) is 0 Å². The number of nitrogens with one attached hydrogen (secondary N) is 1. The van der Waals surface area contributed by atoms with E-state index in [0.717, 1.165) is 31.4 Å². The molecule has 18 heavy (non-hydrogen) atoms. The third-order valence-electron chi connectivity index (χ3n) is 3.33. The molecule has 1 fully saturated rings. The highest BCUT2D eigenvalue weighted by Gasteiger charge is 2.24. The van der Waals surface area contributed by atoms with Crippen LogP contribution < -0.4 is 10.2 Å². The third-order valence-corrected chi connectivity index (χ3v) is 3.33. The normalized spacial score (nSPS) is 15.1. The molecule has 0 bridgehead atoms. The Kier molecular flexibility index (Phi) is 4.59. The van der Waals surface area contributed by atoms with Crippen molar-refractivity contribution in [2.75, 3.05) is 25.0 Å². The molecule has 0 amide bonds. The SMILES string of the molecule is CC(C)CNCc1cccnc1N(C)CC1CC1. The molecular weight excluding hydrogens is 222 g/mol. The van der Waals surface area contributed by atoms with Gasteiger partial charge in [0.1, 0.15) is 5.82 Å². The summed E-state index contributed by atoms with van der Waals surface area (Å²) in [6, 6.07) is 4.21. The Morgan fingerprint density at radius 1 is 1.44 bits per heavy atom. The van der Waals surface area contributed by atoms with E-state index in [0.29, 0.717) is 5.92 Å². The fourth-order valence-corrected chi connectivity index (χ4v) is 2.18. The molecule has 100 valence electrons. The Morgan fingerprint density at radius 3 is 2.89 bits per heavy atom. The van der Waals surface area contributed by atoms with Crippen molar-refractivity contribution in [3.8, 4) is 0 Å². The fourth-order valence-electron chi connectivity index (χ4n) is 2.18. The second-order valence-electron chi connectivity index (χ2n) is 5.83. The zero-order valence-electron chi connectivity index (χ0n) is 11.8. The maximum absolute atomic E-state index is 4.54. The molecule has 1 aromatic heterocycles. The van der Waals surface area contributed by atoms with E-state index in [1.165, 1.54) is 18.4 Å². The molecule has 1 saturated carbocycles. The van der Waals surface area contributed by atoms with Crippen LogP contribution in [0.2, 0.25) is 0 Å². The monoisotopic (exact) mass is 247 g/mol. The van der Waals surface area contributed by atoms with Gasteiger partial charge >= 0.3 is 0 Å². The molecule has 1 aromatic rings. The summed E-state index contributed by atoms with van der Waals surface area (Å²) in [6.45, 7) is 7.58. The third kappa shape index (κ3) is 3.98. The van der Waals surface area contributed by atoms with Crippen molar-refractivity contribution in [3.63, 3.8) is 0 Å². The van der Waals surface area contributed by atoms with Gasteiger partial charge in [0.25, 0.3) is 0 Å². The van der Waals surface area contributed by atoms with E-state index in [-0.39, 0.29) is 0 Å². The molecule has 1 heterocycles. The van der Waals surface area contributed by atoms with Gasteiger partial charge in [-0.3, -0.25) is 0 Å². The molecule has 3 nitrogen and oxygen atoms in total. The summed E-state index contributed by atoms with van der Waals surface area (Å²) in [5.74, 6) is 2.73. The second-order valence-corrected chi connectivity index (χ2v) is 5.83. The van der Waals surface area contributed by atoms with Gasteiger partial charge in [-0.25, -0.2) is 4.98 Å². The highest BCUT2D eigenvalue weighted by molar-refractivity contribution is 5.46. The minimum absolute atomic E-state index is 0.689. The Balaban J connectivity index is 1.95. The lowest BCUT2D eigenvalue weighted by Gasteiger charge is -2.21. The van der Waals surface area contributed by atoms with Gasteiger partial charge in [0, 0.05) is 31.9 Å². The molecular formula is C15H25N3. The van der Waals surface area contributed by atoms with Crippen LogP contribution in [-0.4, -0.2) is 25.1 Å². The molecule has 0 atom stereocenters. The Hall–Kier alpha value is -1.09. The second kappa shape index (κ2) is 6.19. The summed E-state index contributed by atoms with van der Waals surface area (Å²) in [6.07, 6.45) is 4.67. The molecule has 3 heteroatoms. The molecule has 0 spiro atoms. The van der Waals surface area contributed by atoms with Crippen LogP contribution >= 0.6 is 0 Å². The van der Waals surface area contributed by atoms with Crippen molar-refractivity contribution in [3.05, 3.63) is 23.9 Å². The highest BCUT2D eigenvalue weighted by Crippen LogP contribution is 2.31. The minimum atomic E-state index is 0.689. The van der Waals surface area contributed by atoms with E-state index in [1.807, 2.05) is 12.3 Å². The lowest BCUT2D eigenvalue weighted by atomic mass is 10.2. The van der Waals surface area contributed by atoms with Crippen molar-refractivity contribution in [1.82, 2.24) is 10.3 Å². The van der Waals surface area contributed by atoms with Gasteiger partial charge in [-0.15, -0.1) is 0 Å². The van der Waals surface area contributed by atoms with Gasteiger partial charge in [-0.1, -0.05) is 19.9 Å². The average Bonchev–Trinajstić information content (AvgIpc) is 3.13. The van der Waals surface area contributed by atoms with Crippen LogP contribution in [0.15, 0.2) is 18.3 Å². The molecule has 0 saturated heterocycles. The number of hydrogen-bond acceptors (Lipinski definition) is 3. The van der Waals surface area contributed by atoms with E-state index in [2.05, 4.69) is 42.2 Å². The van der Waals surface area contributed by atoms with Gasteiger partial charge in [-0.2, -0.15) is 0 Å². The van der Waals surface area contributed by atoms with Crippen LogP contribution in [-0.2, 0) is 6.54 Å². The van der Waals surface area contributed by atoms with Crippen molar-refractivity contribution < 1.29 is 0 Å². The van der Waals surface area contributed by atoms with Gasteiger partial charge in [0.05, 0.1) is 0 Å². The van der Waals surface area contributed by atoms with Crippen molar-refractivity contribution >= 4 is 5.82 Å². The van der Waals surface area contributed by atoms with Crippen LogP contribution in [0.1, 0.15) is 32.3 Å². The first-order valence-electron chi connectivity index (χ1n) is 7.02. The van der Waals surface area contributed by atoms with Gasteiger partial charge in [0.2, 0.25) is 0 Å². The molecule has 1 aliphatic rings. The molecule has 1 aliphatic carbocycles. The Morgan fingerprint density at radius 2 is 2.22 bits per heavy atom. The van der Waals surface area contributed by atoms with E-state index >= 15 is 0 Å². The summed E-state index contributed by atoms with van der Waals surface area (Å²) in [7, 11) is 2.16. The molecule has 0 unspecified atom stereocenters. The fraction of sp³-hybridized carbons (Fsp3) is 0.667. The van der Waals surface area contributed by atoms with Gasteiger partial charge in [-0.05, 0) is 37.3 Å². The quantitative estimate of drug-likeness (QED) is 0.803. The molecule has 0 aliphatic heterocycles. The smallest absolute Gasteiger partial charge is 0.132 e. The largest absolute Gasteiger partial charge is 0.359 e. The zero-order valence-corrected chi connectivity index (χ0v) is 11.8. The zero-order chi connectivity index (χ0) is 13.0. The minimum Gasteiger partial charge on any atom is -0.359 e. The van der Waals surface area contributed by atoms with Crippen LogP contribution in [0.5, 0.6) is 0 Å². The van der Waals surface area contributed by atoms with Gasteiger partial charge < -0.3 is 10.2 Å². The maximum atomic E-state index is 4.54.